The molecule has 0 bridgehead atoms. The van der Waals surface area contributed by atoms with Crippen molar-refractivity contribution in [2.45, 2.75) is 62.7 Å². The Kier molecular flexibility index (Phi) is 5.76. The molecule has 0 rings (SSSR count). The minimum atomic E-state index is -5.25. The van der Waals surface area contributed by atoms with Gasteiger partial charge < -0.3 is 0 Å². The van der Waals surface area contributed by atoms with Crippen molar-refractivity contribution in [1.29, 1.82) is 0 Å². The quantitative estimate of drug-likeness (QED) is 0.527. The van der Waals surface area contributed by atoms with E-state index in [2.05, 4.69) is 0 Å². The van der Waals surface area contributed by atoms with Crippen molar-refractivity contribution in [3.8, 4) is 0 Å². The predicted octanol–water partition coefficient (Wildman–Crippen LogP) is 5.37. The summed E-state index contributed by atoms with van der Waals surface area (Å²) >= 11 is 0. The molecular weight excluding hydrogens is 310 g/mol. The average Bonchev–Trinajstić information content (AvgIpc) is 2.24. The molecule has 0 spiro atoms. The minimum absolute atomic E-state index is 0.664. The summed E-state index contributed by atoms with van der Waals surface area (Å²) in [4.78, 5) is 0. The Hall–Kier alpha value is -0.700. The highest BCUT2D eigenvalue weighted by Gasteiger charge is 2.61. The second kappa shape index (κ2) is 5.97. The second-order valence-electron chi connectivity index (χ2n) is 4.27. The first-order valence-corrected chi connectivity index (χ1v) is 5.48. The van der Waals surface area contributed by atoms with Gasteiger partial charge in [-0.2, -0.15) is 35.1 Å². The third-order valence-corrected chi connectivity index (χ3v) is 2.68. The number of rotatable bonds is 8. The smallest absolute Gasteiger partial charge is 0.210 e. The Morgan fingerprint density at radius 3 is 1.30 bits per heavy atom. The molecule has 0 radical (unpaired) electrons. The van der Waals surface area contributed by atoms with E-state index >= 15 is 0 Å². The molecule has 0 heterocycles. The highest BCUT2D eigenvalue weighted by atomic mass is 19.3. The van der Waals surface area contributed by atoms with Gasteiger partial charge in [-0.25, -0.2) is 8.78 Å². The zero-order chi connectivity index (χ0) is 16.4. The van der Waals surface area contributed by atoms with Gasteiger partial charge in [0.1, 0.15) is 0 Å². The van der Waals surface area contributed by atoms with Crippen LogP contribution in [0.1, 0.15) is 32.6 Å². The van der Waals surface area contributed by atoms with E-state index in [1.54, 1.807) is 0 Å². The van der Waals surface area contributed by atoms with E-state index in [-0.39, 0.29) is 0 Å². The fourth-order valence-electron chi connectivity index (χ4n) is 1.28. The van der Waals surface area contributed by atoms with Crippen LogP contribution in [0.5, 0.6) is 0 Å². The van der Waals surface area contributed by atoms with Crippen LogP contribution in [-0.4, -0.2) is 30.1 Å². The Labute approximate surface area is 108 Å². The van der Waals surface area contributed by atoms with E-state index in [4.69, 9.17) is 0 Å². The van der Waals surface area contributed by atoms with Gasteiger partial charge in [0, 0.05) is 19.3 Å². The molecule has 10 heteroatoms. The third kappa shape index (κ3) is 4.41. The number of hydrogen-bond donors (Lipinski definition) is 0. The summed E-state index contributed by atoms with van der Waals surface area (Å²) in [5.41, 5.74) is 0. The lowest BCUT2D eigenvalue weighted by atomic mass is 9.97. The fourth-order valence-corrected chi connectivity index (χ4v) is 1.28. The van der Waals surface area contributed by atoms with Crippen molar-refractivity contribution >= 4 is 0 Å². The van der Waals surface area contributed by atoms with Crippen LogP contribution in [0.2, 0.25) is 0 Å². The van der Waals surface area contributed by atoms with Gasteiger partial charge in [0.2, 0.25) is 6.43 Å². The largest absolute Gasteiger partial charge is 0.315 e. The molecule has 0 unspecified atom stereocenters. The van der Waals surface area contributed by atoms with Crippen LogP contribution < -0.4 is 0 Å². The molecule has 0 aliphatic rings. The number of halogens is 10. The van der Waals surface area contributed by atoms with Crippen LogP contribution >= 0.6 is 0 Å². The first-order valence-electron chi connectivity index (χ1n) is 5.48. The molecule has 0 N–H and O–H groups in total. The van der Waals surface area contributed by atoms with Crippen molar-refractivity contribution in [3.05, 3.63) is 0 Å². The highest BCUT2D eigenvalue weighted by molar-refractivity contribution is 4.90. The van der Waals surface area contributed by atoms with Gasteiger partial charge in [-0.3, -0.25) is 0 Å². The predicted molar refractivity (Wildman–Crippen MR) is 49.9 cm³/mol. The summed E-state index contributed by atoms with van der Waals surface area (Å²) < 4.78 is 126. The first kappa shape index (κ1) is 19.3. The second-order valence-corrected chi connectivity index (χ2v) is 4.27. The fraction of sp³-hybridized carbons (Fsp3) is 1.00. The van der Waals surface area contributed by atoms with E-state index in [1.165, 1.54) is 0 Å². The standard InChI is InChI=1S/C10H12F10/c1-2-7(13,14)8(15,16)3-4-9(17,18)10(19,20)5-6(11)12/h6H,2-5H2,1H3. The summed E-state index contributed by atoms with van der Waals surface area (Å²) in [7, 11) is 0. The van der Waals surface area contributed by atoms with Crippen molar-refractivity contribution in [3.63, 3.8) is 0 Å². The number of hydrogen-bond acceptors (Lipinski definition) is 0. The Bertz CT molecular complexity index is 309. The lowest BCUT2D eigenvalue weighted by Gasteiger charge is -2.30. The Morgan fingerprint density at radius 2 is 1.00 bits per heavy atom. The molecule has 0 fully saturated rings. The highest BCUT2D eigenvalue weighted by Crippen LogP contribution is 2.46. The van der Waals surface area contributed by atoms with Gasteiger partial charge >= 0.3 is 23.7 Å². The summed E-state index contributed by atoms with van der Waals surface area (Å²) in [6.07, 6.45) is -12.3. The molecule has 0 amide bonds. The van der Waals surface area contributed by atoms with Crippen LogP contribution in [0.15, 0.2) is 0 Å². The monoisotopic (exact) mass is 322 g/mol. The average molecular weight is 322 g/mol. The summed E-state index contributed by atoms with van der Waals surface area (Å²) in [5.74, 6) is -20.0. The molecule has 0 aromatic heterocycles. The summed E-state index contributed by atoms with van der Waals surface area (Å²) in [6, 6.07) is 0. The van der Waals surface area contributed by atoms with Gasteiger partial charge in [-0.15, -0.1) is 0 Å². The molecule has 0 saturated heterocycles. The van der Waals surface area contributed by atoms with Gasteiger partial charge in [0.15, 0.2) is 0 Å². The van der Waals surface area contributed by atoms with Crippen LogP contribution in [0, 0.1) is 0 Å². The van der Waals surface area contributed by atoms with Crippen LogP contribution in [0.4, 0.5) is 43.9 Å². The van der Waals surface area contributed by atoms with Gasteiger partial charge in [0.05, 0.1) is 6.42 Å². The molecule has 0 saturated carbocycles. The topological polar surface area (TPSA) is 0 Å². The molecule has 20 heavy (non-hydrogen) atoms. The lowest BCUT2D eigenvalue weighted by molar-refractivity contribution is -0.251. The molecule has 0 aromatic carbocycles. The first-order chi connectivity index (χ1) is 8.68. The van der Waals surface area contributed by atoms with Crippen molar-refractivity contribution < 1.29 is 43.9 Å². The lowest BCUT2D eigenvalue weighted by Crippen LogP contribution is -2.46. The summed E-state index contributed by atoms with van der Waals surface area (Å²) in [5, 5.41) is 0. The zero-order valence-corrected chi connectivity index (χ0v) is 10.2. The molecule has 0 nitrogen and oxygen atoms in total. The molecular formula is C10H12F10. The minimum Gasteiger partial charge on any atom is -0.210 e. The Morgan fingerprint density at radius 1 is 0.650 bits per heavy atom. The van der Waals surface area contributed by atoms with E-state index in [1.807, 2.05) is 0 Å². The zero-order valence-electron chi connectivity index (χ0n) is 10.2. The van der Waals surface area contributed by atoms with Crippen molar-refractivity contribution in [2.75, 3.05) is 0 Å². The van der Waals surface area contributed by atoms with E-state index in [0.717, 1.165) is 0 Å². The SMILES string of the molecule is CCC(F)(F)C(F)(F)CCC(F)(F)C(F)(F)CC(F)F. The van der Waals surface area contributed by atoms with Crippen LogP contribution in [-0.2, 0) is 0 Å². The van der Waals surface area contributed by atoms with Gasteiger partial charge in [-0.1, -0.05) is 6.92 Å². The molecule has 0 atom stereocenters. The van der Waals surface area contributed by atoms with Crippen LogP contribution in [0.3, 0.4) is 0 Å². The number of alkyl halides is 10. The normalized spacial score (nSPS) is 15.0. The van der Waals surface area contributed by atoms with Gasteiger partial charge in [0.25, 0.3) is 0 Å². The van der Waals surface area contributed by atoms with E-state index < -0.39 is 55.8 Å². The maximum atomic E-state index is 12.9. The molecule has 0 aliphatic heterocycles. The maximum Gasteiger partial charge on any atom is 0.315 e. The molecule has 0 aromatic rings. The maximum absolute atomic E-state index is 12.9. The molecule has 122 valence electrons. The Balaban J connectivity index is 4.87. The summed E-state index contributed by atoms with van der Waals surface area (Å²) in [6.45, 7) is 0.664. The third-order valence-electron chi connectivity index (χ3n) is 2.68. The van der Waals surface area contributed by atoms with Gasteiger partial charge in [-0.05, 0) is 0 Å². The van der Waals surface area contributed by atoms with Crippen LogP contribution in [0.25, 0.3) is 0 Å². The van der Waals surface area contributed by atoms with E-state index in [9.17, 15) is 43.9 Å². The van der Waals surface area contributed by atoms with Crippen molar-refractivity contribution in [1.82, 2.24) is 0 Å². The van der Waals surface area contributed by atoms with Crippen molar-refractivity contribution in [2.24, 2.45) is 0 Å². The van der Waals surface area contributed by atoms with E-state index in [0.29, 0.717) is 6.92 Å². The molecule has 0 aliphatic carbocycles.